The Morgan fingerprint density at radius 1 is 1.28 bits per heavy atom. The number of halogens is 1. The normalized spacial score (nSPS) is 18.8. The van der Waals surface area contributed by atoms with Crippen LogP contribution < -0.4 is 5.32 Å². The summed E-state index contributed by atoms with van der Waals surface area (Å²) < 4.78 is 39.7. The van der Waals surface area contributed by atoms with Gasteiger partial charge in [0.15, 0.2) is 0 Å². The molecule has 1 aliphatic heterocycles. The van der Waals surface area contributed by atoms with Crippen LogP contribution >= 0.6 is 11.3 Å². The lowest BCUT2D eigenvalue weighted by molar-refractivity contribution is -0.126. The van der Waals surface area contributed by atoms with Crippen LogP contribution in [0.3, 0.4) is 0 Å². The van der Waals surface area contributed by atoms with E-state index in [-0.39, 0.29) is 23.3 Å². The summed E-state index contributed by atoms with van der Waals surface area (Å²) in [4.78, 5) is 13.5. The summed E-state index contributed by atoms with van der Waals surface area (Å²) in [6.07, 6.45) is 1.28. The topological polar surface area (TPSA) is 66.5 Å². The van der Waals surface area contributed by atoms with E-state index >= 15 is 0 Å². The summed E-state index contributed by atoms with van der Waals surface area (Å²) in [5, 5.41) is 4.82. The maximum absolute atomic E-state index is 13.0. The Bertz CT molecular complexity index is 820. The quantitative estimate of drug-likeness (QED) is 0.864. The number of piperidine rings is 1. The third-order valence-corrected chi connectivity index (χ3v) is 6.98. The molecule has 1 atom stereocenters. The standard InChI is InChI=1S/C17H19FN2O3S2/c18-14-5-7-16(8-6-14)25(22,23)20-9-1-3-13(12-20)17(21)19-11-15-4-2-10-24-15/h2,4-8,10,13H,1,3,9,11-12H2,(H,19,21)/t13-/m1/s1. The van der Waals surface area contributed by atoms with Crippen LogP contribution in [0.25, 0.3) is 0 Å². The van der Waals surface area contributed by atoms with Crippen molar-refractivity contribution in [3.63, 3.8) is 0 Å². The van der Waals surface area contributed by atoms with Gasteiger partial charge < -0.3 is 5.32 Å². The first-order valence-electron chi connectivity index (χ1n) is 8.02. The van der Waals surface area contributed by atoms with Gasteiger partial charge in [0.25, 0.3) is 0 Å². The van der Waals surface area contributed by atoms with E-state index in [1.807, 2.05) is 17.5 Å². The summed E-state index contributed by atoms with van der Waals surface area (Å²) >= 11 is 1.56. The second kappa shape index (κ2) is 7.63. The molecular weight excluding hydrogens is 363 g/mol. The highest BCUT2D eigenvalue weighted by atomic mass is 32.2. The van der Waals surface area contributed by atoms with Gasteiger partial charge in [-0.2, -0.15) is 4.31 Å². The van der Waals surface area contributed by atoms with Crippen molar-refractivity contribution < 1.29 is 17.6 Å². The van der Waals surface area contributed by atoms with Crippen LogP contribution in [0.4, 0.5) is 4.39 Å². The third-order valence-electron chi connectivity index (χ3n) is 4.22. The molecular formula is C17H19FN2O3S2. The third kappa shape index (κ3) is 4.26. The van der Waals surface area contributed by atoms with Gasteiger partial charge in [-0.1, -0.05) is 6.07 Å². The molecule has 1 aliphatic rings. The minimum atomic E-state index is -3.71. The van der Waals surface area contributed by atoms with E-state index in [1.165, 1.54) is 16.4 Å². The van der Waals surface area contributed by atoms with Crippen LogP contribution in [0.1, 0.15) is 17.7 Å². The number of carbonyl (C=O) groups is 1. The fraction of sp³-hybridized carbons (Fsp3) is 0.353. The number of hydrogen-bond donors (Lipinski definition) is 1. The van der Waals surface area contributed by atoms with Crippen LogP contribution in [0.15, 0.2) is 46.7 Å². The van der Waals surface area contributed by atoms with Crippen LogP contribution in [0.2, 0.25) is 0 Å². The number of amides is 1. The number of rotatable bonds is 5. The van der Waals surface area contributed by atoms with Crippen molar-refractivity contribution in [2.75, 3.05) is 13.1 Å². The molecule has 0 radical (unpaired) electrons. The number of thiophene rings is 1. The number of nitrogens with zero attached hydrogens (tertiary/aromatic N) is 1. The van der Waals surface area contributed by atoms with Crippen molar-refractivity contribution in [1.29, 1.82) is 0 Å². The molecule has 134 valence electrons. The summed E-state index contributed by atoms with van der Waals surface area (Å²) in [6, 6.07) is 8.63. The molecule has 2 heterocycles. The predicted molar refractivity (Wildman–Crippen MR) is 94.0 cm³/mol. The highest BCUT2D eigenvalue weighted by Gasteiger charge is 2.33. The molecule has 0 spiro atoms. The van der Waals surface area contributed by atoms with E-state index in [9.17, 15) is 17.6 Å². The predicted octanol–water partition coefficient (Wildman–Crippen LogP) is 2.60. The number of benzene rings is 1. The van der Waals surface area contributed by atoms with Crippen LogP contribution in [-0.2, 0) is 21.4 Å². The summed E-state index contributed by atoms with van der Waals surface area (Å²) in [5.74, 6) is -0.986. The van der Waals surface area contributed by atoms with E-state index in [2.05, 4.69) is 5.32 Å². The zero-order valence-corrected chi connectivity index (χ0v) is 15.2. The van der Waals surface area contributed by atoms with Gasteiger partial charge in [0, 0.05) is 18.0 Å². The minimum Gasteiger partial charge on any atom is -0.351 e. The van der Waals surface area contributed by atoms with Gasteiger partial charge in [-0.3, -0.25) is 4.79 Å². The smallest absolute Gasteiger partial charge is 0.243 e. The van der Waals surface area contributed by atoms with Gasteiger partial charge in [-0.25, -0.2) is 12.8 Å². The Morgan fingerprint density at radius 2 is 2.04 bits per heavy atom. The van der Waals surface area contributed by atoms with E-state index < -0.39 is 15.8 Å². The summed E-state index contributed by atoms with van der Waals surface area (Å²) in [7, 11) is -3.71. The zero-order valence-electron chi connectivity index (χ0n) is 13.5. The average molecular weight is 382 g/mol. The van der Waals surface area contributed by atoms with E-state index in [0.717, 1.165) is 17.0 Å². The molecule has 2 aromatic rings. The van der Waals surface area contributed by atoms with Gasteiger partial charge in [-0.15, -0.1) is 11.3 Å². The fourth-order valence-electron chi connectivity index (χ4n) is 2.86. The lowest BCUT2D eigenvalue weighted by Gasteiger charge is -2.31. The van der Waals surface area contributed by atoms with Gasteiger partial charge in [0.1, 0.15) is 5.82 Å². The Kier molecular flexibility index (Phi) is 5.51. The Balaban J connectivity index is 1.65. The van der Waals surface area contributed by atoms with Gasteiger partial charge in [0.05, 0.1) is 17.4 Å². The van der Waals surface area contributed by atoms with Gasteiger partial charge >= 0.3 is 0 Å². The van der Waals surface area contributed by atoms with E-state index in [4.69, 9.17) is 0 Å². The van der Waals surface area contributed by atoms with Crippen molar-refractivity contribution in [3.8, 4) is 0 Å². The summed E-state index contributed by atoms with van der Waals surface area (Å²) in [5.41, 5.74) is 0. The van der Waals surface area contributed by atoms with Crippen LogP contribution in [-0.4, -0.2) is 31.7 Å². The molecule has 1 saturated heterocycles. The second-order valence-electron chi connectivity index (χ2n) is 5.95. The van der Waals surface area contributed by atoms with Gasteiger partial charge in [0.2, 0.25) is 15.9 Å². The van der Waals surface area contributed by atoms with E-state index in [1.54, 1.807) is 11.3 Å². The average Bonchev–Trinajstić information content (AvgIpc) is 3.14. The largest absolute Gasteiger partial charge is 0.351 e. The second-order valence-corrected chi connectivity index (χ2v) is 8.92. The SMILES string of the molecule is O=C(NCc1cccs1)[C@@H]1CCCN(S(=O)(=O)c2ccc(F)cc2)C1. The molecule has 1 fully saturated rings. The Labute approximate surface area is 150 Å². The van der Waals surface area contributed by atoms with E-state index in [0.29, 0.717) is 25.9 Å². The maximum Gasteiger partial charge on any atom is 0.243 e. The molecule has 0 aliphatic carbocycles. The first-order chi connectivity index (χ1) is 12.0. The lowest BCUT2D eigenvalue weighted by Crippen LogP contribution is -2.45. The molecule has 1 N–H and O–H groups in total. The fourth-order valence-corrected chi connectivity index (χ4v) is 5.03. The van der Waals surface area contributed by atoms with Crippen LogP contribution in [0, 0.1) is 11.7 Å². The van der Waals surface area contributed by atoms with Crippen molar-refractivity contribution in [2.24, 2.45) is 5.92 Å². The highest BCUT2D eigenvalue weighted by Crippen LogP contribution is 2.24. The number of hydrogen-bond acceptors (Lipinski definition) is 4. The minimum absolute atomic E-state index is 0.0496. The molecule has 1 aromatic carbocycles. The number of carbonyl (C=O) groups excluding carboxylic acids is 1. The van der Waals surface area contributed by atoms with Crippen molar-refractivity contribution in [1.82, 2.24) is 9.62 Å². The summed E-state index contributed by atoms with van der Waals surface area (Å²) in [6.45, 7) is 0.974. The van der Waals surface area contributed by atoms with Crippen molar-refractivity contribution in [3.05, 3.63) is 52.5 Å². The first-order valence-corrected chi connectivity index (χ1v) is 10.3. The lowest BCUT2D eigenvalue weighted by atomic mass is 9.99. The monoisotopic (exact) mass is 382 g/mol. The highest BCUT2D eigenvalue weighted by molar-refractivity contribution is 7.89. The maximum atomic E-state index is 13.0. The molecule has 1 amide bonds. The molecule has 0 bridgehead atoms. The zero-order chi connectivity index (χ0) is 17.9. The molecule has 25 heavy (non-hydrogen) atoms. The molecule has 8 heteroatoms. The molecule has 0 unspecified atom stereocenters. The van der Waals surface area contributed by atoms with Gasteiger partial charge in [-0.05, 0) is 48.6 Å². The van der Waals surface area contributed by atoms with Crippen molar-refractivity contribution >= 4 is 27.3 Å². The number of sulfonamides is 1. The first kappa shape index (κ1) is 18.0. The Hall–Kier alpha value is -1.77. The number of nitrogens with one attached hydrogen (secondary N) is 1. The van der Waals surface area contributed by atoms with Crippen molar-refractivity contribution in [2.45, 2.75) is 24.3 Å². The molecule has 3 rings (SSSR count). The molecule has 1 aromatic heterocycles. The molecule has 0 saturated carbocycles. The van der Waals surface area contributed by atoms with Crippen LogP contribution in [0.5, 0.6) is 0 Å². The molecule has 5 nitrogen and oxygen atoms in total. The Morgan fingerprint density at radius 3 is 2.72 bits per heavy atom.